The van der Waals surface area contributed by atoms with Gasteiger partial charge in [-0.25, -0.2) is 0 Å². The van der Waals surface area contributed by atoms with Crippen LogP contribution in [0, 0.1) is 0 Å². The summed E-state index contributed by atoms with van der Waals surface area (Å²) in [5.74, 6) is 0. The Hall–Kier alpha value is -5.46. The van der Waals surface area contributed by atoms with Crippen molar-refractivity contribution in [3.8, 4) is 55.6 Å². The minimum Gasteiger partial charge on any atom is -0.0622 e. The molecule has 0 aromatic heterocycles. The predicted molar refractivity (Wildman–Crippen MR) is 192 cm³/mol. The molecule has 0 N–H and O–H groups in total. The maximum atomic E-state index is 9.12. The summed E-state index contributed by atoms with van der Waals surface area (Å²) in [5, 5.41) is 6.59. The topological polar surface area (TPSA) is 0 Å². The lowest BCUT2D eigenvalue weighted by molar-refractivity contribution is 0.645. The van der Waals surface area contributed by atoms with E-state index in [1.54, 1.807) is 0 Å². The van der Waals surface area contributed by atoms with Crippen LogP contribution in [-0.4, -0.2) is 0 Å². The second kappa shape index (κ2) is 8.80. The Labute approximate surface area is 270 Å². The fourth-order valence-corrected chi connectivity index (χ4v) is 8.37. The first-order valence-corrected chi connectivity index (χ1v) is 15.5. The Morgan fingerprint density at radius 1 is 0.444 bits per heavy atom. The highest BCUT2D eigenvalue weighted by Crippen LogP contribution is 2.58. The van der Waals surface area contributed by atoms with Crippen molar-refractivity contribution >= 4 is 32.3 Å². The monoisotopic (exact) mass is 575 g/mol. The summed E-state index contributed by atoms with van der Waals surface area (Å²) < 4.78 is 43.8. The molecule has 10 rings (SSSR count). The molecule has 0 saturated heterocycles. The molecule has 0 atom stereocenters. The molecule has 210 valence electrons. The number of benzene rings is 8. The highest BCUT2D eigenvalue weighted by atomic mass is 14.4. The second-order valence-electron chi connectivity index (χ2n) is 12.8. The molecule has 0 saturated carbocycles. The van der Waals surface area contributed by atoms with Gasteiger partial charge in [0.25, 0.3) is 0 Å². The Morgan fingerprint density at radius 3 is 1.69 bits per heavy atom. The van der Waals surface area contributed by atoms with Gasteiger partial charge in [0, 0.05) is 5.41 Å². The van der Waals surface area contributed by atoms with Crippen LogP contribution in [0.4, 0.5) is 0 Å². The minimum absolute atomic E-state index is 0.193. The van der Waals surface area contributed by atoms with Gasteiger partial charge in [-0.15, -0.1) is 0 Å². The van der Waals surface area contributed by atoms with Crippen LogP contribution in [0.25, 0.3) is 88.0 Å². The summed E-state index contributed by atoms with van der Waals surface area (Å²) in [4.78, 5) is 0. The van der Waals surface area contributed by atoms with E-state index in [0.717, 1.165) is 54.9 Å². The van der Waals surface area contributed by atoms with Gasteiger partial charge in [-0.05, 0) is 105 Å². The van der Waals surface area contributed by atoms with E-state index in [0.29, 0.717) is 5.56 Å². The van der Waals surface area contributed by atoms with Crippen molar-refractivity contribution in [2.24, 2.45) is 0 Å². The molecule has 0 nitrogen and oxygen atoms in total. The number of hydrogen-bond acceptors (Lipinski definition) is 0. The standard InChI is InChI=1S/C45H30/c1-45(2)37-25-24-30(26-36(37)33-20-8-16-28-17-11-23-38(45)40(28)33)42-32-19-7-6-18-31(32)41(29-12-4-3-5-13-29)43-34-21-9-14-27-15-10-22-35(39(27)34)44(42)43/h3-26H,1-2H3/i3D,4D,5D,12D,13D. The maximum absolute atomic E-state index is 9.12. The lowest BCUT2D eigenvalue weighted by Gasteiger charge is -2.35. The van der Waals surface area contributed by atoms with Crippen LogP contribution in [0.2, 0.25) is 0 Å². The molecule has 0 bridgehead atoms. The van der Waals surface area contributed by atoms with Crippen LogP contribution in [0.1, 0.15) is 31.8 Å². The zero-order chi connectivity index (χ0) is 34.2. The molecule has 45 heavy (non-hydrogen) atoms. The van der Waals surface area contributed by atoms with Gasteiger partial charge in [-0.1, -0.05) is 153 Å². The van der Waals surface area contributed by atoms with Crippen LogP contribution in [0.5, 0.6) is 0 Å². The van der Waals surface area contributed by atoms with Gasteiger partial charge in [0.2, 0.25) is 0 Å². The van der Waals surface area contributed by atoms with Crippen molar-refractivity contribution in [2.75, 3.05) is 0 Å². The van der Waals surface area contributed by atoms with Crippen molar-refractivity contribution in [3.05, 3.63) is 157 Å². The van der Waals surface area contributed by atoms with Gasteiger partial charge in [-0.3, -0.25) is 0 Å². The van der Waals surface area contributed by atoms with Crippen LogP contribution < -0.4 is 0 Å². The third-order valence-electron chi connectivity index (χ3n) is 10.3. The Balaban J connectivity index is 1.39. The van der Waals surface area contributed by atoms with Gasteiger partial charge in [-0.2, -0.15) is 0 Å². The summed E-state index contributed by atoms with van der Waals surface area (Å²) in [6.45, 7) is 4.63. The predicted octanol–water partition coefficient (Wildman–Crippen LogP) is 12.4. The quantitative estimate of drug-likeness (QED) is 0.192. The molecule has 8 aromatic carbocycles. The van der Waals surface area contributed by atoms with Crippen molar-refractivity contribution in [1.82, 2.24) is 0 Å². The van der Waals surface area contributed by atoms with Crippen molar-refractivity contribution in [3.63, 3.8) is 0 Å². The average Bonchev–Trinajstić information content (AvgIpc) is 3.47. The van der Waals surface area contributed by atoms with Crippen LogP contribution in [-0.2, 0) is 5.41 Å². The highest BCUT2D eigenvalue weighted by Gasteiger charge is 2.35. The number of hydrogen-bond donors (Lipinski definition) is 0. The highest BCUT2D eigenvalue weighted by molar-refractivity contribution is 6.27. The zero-order valence-corrected chi connectivity index (χ0v) is 25.0. The third-order valence-corrected chi connectivity index (χ3v) is 10.3. The Kier molecular flexibility index (Phi) is 4.01. The lowest BCUT2D eigenvalue weighted by Crippen LogP contribution is -2.23. The minimum atomic E-state index is -0.389. The van der Waals surface area contributed by atoms with Crippen molar-refractivity contribution in [2.45, 2.75) is 19.3 Å². The molecule has 0 aliphatic heterocycles. The normalized spacial score (nSPS) is 15.3. The first-order chi connectivity index (χ1) is 24.2. The fraction of sp³-hybridized carbons (Fsp3) is 0.0667. The zero-order valence-electron chi connectivity index (χ0n) is 30.0. The number of fused-ring (bicyclic) bond motifs is 6. The van der Waals surface area contributed by atoms with E-state index in [-0.39, 0.29) is 41.2 Å². The summed E-state index contributed by atoms with van der Waals surface area (Å²) >= 11 is 0. The van der Waals surface area contributed by atoms with E-state index in [2.05, 4.69) is 111 Å². The van der Waals surface area contributed by atoms with E-state index in [4.69, 9.17) is 6.85 Å². The summed E-state index contributed by atoms with van der Waals surface area (Å²) in [7, 11) is 0. The first-order valence-electron chi connectivity index (χ1n) is 18.0. The lowest BCUT2D eigenvalue weighted by atomic mass is 9.68. The van der Waals surface area contributed by atoms with Crippen LogP contribution in [0.15, 0.2) is 145 Å². The van der Waals surface area contributed by atoms with Gasteiger partial charge in [0.15, 0.2) is 0 Å². The molecule has 0 heterocycles. The molecule has 0 unspecified atom stereocenters. The van der Waals surface area contributed by atoms with Crippen LogP contribution >= 0.6 is 0 Å². The largest absolute Gasteiger partial charge is 0.0629 e. The summed E-state index contributed by atoms with van der Waals surface area (Å²) in [6.07, 6.45) is 0. The first kappa shape index (κ1) is 20.5. The smallest absolute Gasteiger partial charge is 0.0622 e. The molecular formula is C45H30. The summed E-state index contributed by atoms with van der Waals surface area (Å²) in [6, 6.07) is 39.5. The summed E-state index contributed by atoms with van der Waals surface area (Å²) in [5.41, 5.74) is 12.0. The Bertz CT molecular complexity index is 2810. The van der Waals surface area contributed by atoms with Crippen molar-refractivity contribution < 1.29 is 6.85 Å². The van der Waals surface area contributed by atoms with E-state index >= 15 is 0 Å². The van der Waals surface area contributed by atoms with Crippen LogP contribution in [0.3, 0.4) is 0 Å². The molecule has 0 heteroatoms. The molecule has 8 aromatic rings. The maximum Gasteiger partial charge on any atom is 0.0629 e. The van der Waals surface area contributed by atoms with Crippen molar-refractivity contribution in [1.29, 1.82) is 0 Å². The SMILES string of the molecule is [2H]c1c([2H])c([2H])c(-c2c3c(c(-c4ccc5c(c4)-c4cccc6cccc(c46)C5(C)C)c4ccccc24)-c2cccc4cccc-3c24)c([2H])c1[2H]. The fourth-order valence-electron chi connectivity index (χ4n) is 8.37. The molecule has 0 spiro atoms. The molecule has 2 aliphatic carbocycles. The Morgan fingerprint density at radius 2 is 1.02 bits per heavy atom. The van der Waals surface area contributed by atoms with Gasteiger partial charge in [0.1, 0.15) is 0 Å². The molecule has 0 radical (unpaired) electrons. The van der Waals surface area contributed by atoms with Gasteiger partial charge in [0.05, 0.1) is 6.85 Å². The van der Waals surface area contributed by atoms with E-state index in [1.165, 1.54) is 33.0 Å². The van der Waals surface area contributed by atoms with E-state index < -0.39 is 0 Å². The van der Waals surface area contributed by atoms with E-state index in [9.17, 15) is 0 Å². The molecular weight excluding hydrogens is 540 g/mol. The average molecular weight is 576 g/mol. The van der Waals surface area contributed by atoms with Gasteiger partial charge >= 0.3 is 0 Å². The van der Waals surface area contributed by atoms with Gasteiger partial charge < -0.3 is 0 Å². The number of rotatable bonds is 2. The molecule has 0 fully saturated rings. The van der Waals surface area contributed by atoms with E-state index in [1.807, 2.05) is 18.2 Å². The third kappa shape index (κ3) is 3.21. The molecule has 0 amide bonds. The second-order valence-corrected chi connectivity index (χ2v) is 12.8. The molecule has 2 aliphatic rings.